The van der Waals surface area contributed by atoms with E-state index in [0.717, 1.165) is 38.5 Å². The maximum absolute atomic E-state index is 12.1. The van der Waals surface area contributed by atoms with E-state index in [9.17, 15) is 4.79 Å². The molecule has 1 fully saturated rings. The van der Waals surface area contributed by atoms with Crippen LogP contribution in [0, 0.1) is 0 Å². The summed E-state index contributed by atoms with van der Waals surface area (Å²) >= 11 is 4.02. The zero-order valence-electron chi connectivity index (χ0n) is 9.65. The number of hydrogen-bond acceptors (Lipinski definition) is 5. The molecule has 1 aliphatic heterocycles. The monoisotopic (exact) mass is 246 g/mol. The topological polar surface area (TPSA) is 64.3 Å². The molecule has 0 spiro atoms. The first kappa shape index (κ1) is 14.0. The van der Waals surface area contributed by atoms with Gasteiger partial charge in [0.2, 0.25) is 0 Å². The summed E-state index contributed by atoms with van der Waals surface area (Å²) in [4.78, 5) is 12.1. The van der Waals surface area contributed by atoms with E-state index < -0.39 is 0 Å². The van der Waals surface area contributed by atoms with E-state index in [4.69, 9.17) is 10.5 Å². The molecule has 0 aromatic heterocycles. The van der Waals surface area contributed by atoms with Gasteiger partial charge < -0.3 is 10.5 Å². The number of nitrogens with one attached hydrogen (secondary N) is 1. The van der Waals surface area contributed by atoms with E-state index in [2.05, 4.69) is 17.5 Å². The van der Waals surface area contributed by atoms with Crippen molar-refractivity contribution >= 4 is 18.6 Å². The fraction of sp³-hybridized carbons (Fsp3) is 0.909. The van der Waals surface area contributed by atoms with Gasteiger partial charge in [0.05, 0.1) is 6.04 Å². The lowest BCUT2D eigenvalue weighted by Crippen LogP contribution is -2.41. The number of carbonyl (C=O) groups excluding carboxylic acids is 1. The summed E-state index contributed by atoms with van der Waals surface area (Å²) in [6, 6.07) is -0.196. The largest absolute Gasteiger partial charge is 0.370 e. The predicted molar refractivity (Wildman–Crippen MR) is 67.4 cm³/mol. The Kier molecular flexibility index (Phi) is 7.03. The van der Waals surface area contributed by atoms with Gasteiger partial charge in [-0.25, -0.2) is 0 Å². The van der Waals surface area contributed by atoms with Crippen molar-refractivity contribution in [3.63, 3.8) is 0 Å². The molecule has 1 aliphatic rings. The highest BCUT2D eigenvalue weighted by Gasteiger charge is 2.27. The van der Waals surface area contributed by atoms with Gasteiger partial charge in [0.15, 0.2) is 5.78 Å². The van der Waals surface area contributed by atoms with Crippen molar-refractivity contribution in [2.75, 3.05) is 13.2 Å². The number of Topliss-reactive ketones (excluding diaryl/α,β-unsaturated/α-hetero) is 1. The molecule has 4 nitrogen and oxygen atoms in total. The standard InChI is InChI=1S/C11H22N2O2S/c12-7-3-1-5-9(13-16)11(14)10-6-2-4-8-15-10/h9-10,13,16H,1-8,12H2/t9-,10?/m0/s1. The number of rotatable bonds is 7. The summed E-state index contributed by atoms with van der Waals surface area (Å²) in [6.45, 7) is 1.38. The van der Waals surface area contributed by atoms with Gasteiger partial charge in [-0.1, -0.05) is 19.2 Å². The van der Waals surface area contributed by atoms with Crippen LogP contribution in [0.25, 0.3) is 0 Å². The fourth-order valence-electron chi connectivity index (χ4n) is 1.95. The quantitative estimate of drug-likeness (QED) is 0.464. The summed E-state index contributed by atoms with van der Waals surface area (Å²) in [5.41, 5.74) is 5.43. The molecule has 0 radical (unpaired) electrons. The Morgan fingerprint density at radius 1 is 1.50 bits per heavy atom. The molecule has 1 heterocycles. The molecule has 0 aliphatic carbocycles. The molecule has 94 valence electrons. The van der Waals surface area contributed by atoms with Crippen LogP contribution in [0.3, 0.4) is 0 Å². The van der Waals surface area contributed by atoms with E-state index in [1.54, 1.807) is 0 Å². The summed E-state index contributed by atoms with van der Waals surface area (Å²) in [7, 11) is 0. The van der Waals surface area contributed by atoms with E-state index >= 15 is 0 Å². The van der Waals surface area contributed by atoms with Crippen molar-refractivity contribution < 1.29 is 9.53 Å². The molecule has 5 heteroatoms. The van der Waals surface area contributed by atoms with E-state index in [0.29, 0.717) is 13.2 Å². The predicted octanol–water partition coefficient (Wildman–Crippen LogP) is 1.06. The Hall–Kier alpha value is -0.100. The Morgan fingerprint density at radius 3 is 2.88 bits per heavy atom. The third-order valence-corrected chi connectivity index (χ3v) is 3.25. The molecule has 3 N–H and O–H groups in total. The molecule has 0 bridgehead atoms. The number of carbonyl (C=O) groups is 1. The Bertz CT molecular complexity index is 208. The van der Waals surface area contributed by atoms with Gasteiger partial charge in [0.25, 0.3) is 0 Å². The van der Waals surface area contributed by atoms with Crippen LogP contribution in [-0.4, -0.2) is 31.1 Å². The SMILES string of the molecule is NCCCC[C@H](NS)C(=O)C1CCCCO1. The molecule has 0 aromatic rings. The maximum Gasteiger partial charge on any atom is 0.179 e. The molecule has 1 unspecified atom stereocenters. The Morgan fingerprint density at radius 2 is 2.31 bits per heavy atom. The number of nitrogens with two attached hydrogens (primary N) is 1. The second-order valence-electron chi connectivity index (χ2n) is 4.22. The normalized spacial score (nSPS) is 23.0. The minimum absolute atomic E-state index is 0.145. The van der Waals surface area contributed by atoms with Crippen LogP contribution in [0.2, 0.25) is 0 Å². The second-order valence-corrected chi connectivity index (χ2v) is 4.48. The van der Waals surface area contributed by atoms with Gasteiger partial charge >= 0.3 is 0 Å². The molecule has 2 atom stereocenters. The van der Waals surface area contributed by atoms with Gasteiger partial charge in [-0.3, -0.25) is 9.52 Å². The van der Waals surface area contributed by atoms with Gasteiger partial charge in [-0.15, -0.1) is 0 Å². The van der Waals surface area contributed by atoms with Crippen molar-refractivity contribution in [2.45, 2.75) is 50.7 Å². The first-order chi connectivity index (χ1) is 7.79. The molecule has 0 saturated carbocycles. The molecular formula is C11H22N2O2S. The minimum Gasteiger partial charge on any atom is -0.370 e. The smallest absolute Gasteiger partial charge is 0.179 e. The van der Waals surface area contributed by atoms with E-state index in [1.165, 1.54) is 0 Å². The number of thiol groups is 1. The zero-order chi connectivity index (χ0) is 11.8. The van der Waals surface area contributed by atoms with E-state index in [-0.39, 0.29) is 17.9 Å². The lowest BCUT2D eigenvalue weighted by atomic mass is 9.97. The number of unbranched alkanes of at least 4 members (excludes halogenated alkanes) is 1. The van der Waals surface area contributed by atoms with Gasteiger partial charge in [-0.2, -0.15) is 0 Å². The summed E-state index contributed by atoms with van der Waals surface area (Å²) in [5.74, 6) is 0.145. The lowest BCUT2D eigenvalue weighted by Gasteiger charge is -2.25. The lowest BCUT2D eigenvalue weighted by molar-refractivity contribution is -0.135. The first-order valence-electron chi connectivity index (χ1n) is 6.04. The number of ketones is 1. The van der Waals surface area contributed by atoms with Crippen molar-refractivity contribution in [1.29, 1.82) is 0 Å². The van der Waals surface area contributed by atoms with Crippen LogP contribution >= 0.6 is 12.8 Å². The van der Waals surface area contributed by atoms with E-state index in [1.807, 2.05) is 0 Å². The van der Waals surface area contributed by atoms with Crippen LogP contribution in [0.1, 0.15) is 38.5 Å². The summed E-state index contributed by atoms with van der Waals surface area (Å²) < 4.78 is 8.26. The summed E-state index contributed by atoms with van der Waals surface area (Å²) in [5, 5.41) is 0. The Balaban J connectivity index is 2.35. The van der Waals surface area contributed by atoms with Crippen LogP contribution in [-0.2, 0) is 9.53 Å². The van der Waals surface area contributed by atoms with Gasteiger partial charge in [0, 0.05) is 6.61 Å². The van der Waals surface area contributed by atoms with Crippen molar-refractivity contribution in [1.82, 2.24) is 4.72 Å². The summed E-state index contributed by atoms with van der Waals surface area (Å²) in [6.07, 6.45) is 5.46. The van der Waals surface area contributed by atoms with Crippen molar-refractivity contribution in [3.05, 3.63) is 0 Å². The van der Waals surface area contributed by atoms with Crippen LogP contribution in [0.5, 0.6) is 0 Å². The molecular weight excluding hydrogens is 224 g/mol. The van der Waals surface area contributed by atoms with Gasteiger partial charge in [-0.05, 0) is 38.6 Å². The van der Waals surface area contributed by atoms with Crippen LogP contribution < -0.4 is 10.5 Å². The number of hydrogen-bond donors (Lipinski definition) is 3. The molecule has 0 amide bonds. The Labute approximate surface area is 103 Å². The van der Waals surface area contributed by atoms with Crippen molar-refractivity contribution in [3.8, 4) is 0 Å². The molecule has 1 saturated heterocycles. The molecule has 16 heavy (non-hydrogen) atoms. The van der Waals surface area contributed by atoms with Crippen LogP contribution in [0.4, 0.5) is 0 Å². The highest BCUT2D eigenvalue weighted by Crippen LogP contribution is 2.16. The highest BCUT2D eigenvalue weighted by atomic mass is 32.1. The zero-order valence-corrected chi connectivity index (χ0v) is 10.5. The number of ether oxygens (including phenoxy) is 1. The molecule has 1 rings (SSSR count). The first-order valence-corrected chi connectivity index (χ1v) is 6.49. The second kappa shape index (κ2) is 8.06. The van der Waals surface area contributed by atoms with Gasteiger partial charge in [0.1, 0.15) is 6.10 Å². The van der Waals surface area contributed by atoms with Crippen LogP contribution in [0.15, 0.2) is 0 Å². The highest BCUT2D eigenvalue weighted by molar-refractivity contribution is 7.78. The average molecular weight is 246 g/mol. The minimum atomic E-state index is -0.226. The molecule has 0 aromatic carbocycles. The maximum atomic E-state index is 12.1. The van der Waals surface area contributed by atoms with Crippen molar-refractivity contribution in [2.24, 2.45) is 5.73 Å². The average Bonchev–Trinajstić information content (AvgIpc) is 2.35. The fourth-order valence-corrected chi connectivity index (χ4v) is 2.21. The third-order valence-electron chi connectivity index (χ3n) is 2.94. The third kappa shape index (κ3) is 4.41.